The molecular formula is C30H34N2O4Si. The van der Waals surface area contributed by atoms with Crippen LogP contribution in [-0.4, -0.2) is 41.5 Å². The van der Waals surface area contributed by atoms with Crippen LogP contribution in [0.25, 0.3) is 33.3 Å². The van der Waals surface area contributed by atoms with Gasteiger partial charge in [-0.05, 0) is 50.1 Å². The van der Waals surface area contributed by atoms with Crippen LogP contribution in [-0.2, 0) is 16.0 Å². The molecule has 37 heavy (non-hydrogen) atoms. The molecule has 0 N–H and O–H groups in total. The number of benzene rings is 2. The number of esters is 1. The van der Waals surface area contributed by atoms with Crippen LogP contribution in [0, 0.1) is 0 Å². The average Bonchev–Trinajstić information content (AvgIpc) is 3.44. The van der Waals surface area contributed by atoms with E-state index in [9.17, 15) is 9.59 Å². The molecule has 2 aromatic heterocycles. The van der Waals surface area contributed by atoms with E-state index in [2.05, 4.69) is 42.4 Å². The molecular weight excluding hydrogens is 480 g/mol. The third kappa shape index (κ3) is 4.21. The molecule has 5 rings (SSSR count). The van der Waals surface area contributed by atoms with Crippen LogP contribution in [0.5, 0.6) is 0 Å². The van der Waals surface area contributed by atoms with Crippen molar-refractivity contribution in [2.24, 2.45) is 0 Å². The Morgan fingerprint density at radius 1 is 0.946 bits per heavy atom. The van der Waals surface area contributed by atoms with Gasteiger partial charge >= 0.3 is 12.1 Å². The van der Waals surface area contributed by atoms with Crippen LogP contribution in [0.4, 0.5) is 4.79 Å². The first-order valence-electron chi connectivity index (χ1n) is 12.8. The van der Waals surface area contributed by atoms with Crippen LogP contribution in [0.2, 0.25) is 19.6 Å². The largest absolute Gasteiger partial charge is 0.461 e. The van der Waals surface area contributed by atoms with E-state index in [1.165, 1.54) is 0 Å². The van der Waals surface area contributed by atoms with Gasteiger partial charge in [-0.3, -0.25) is 4.57 Å². The Morgan fingerprint density at radius 3 is 2.27 bits per heavy atom. The van der Waals surface area contributed by atoms with Gasteiger partial charge in [0.15, 0.2) is 0 Å². The second-order valence-corrected chi connectivity index (χ2v) is 16.6. The number of aromatic nitrogens is 2. The van der Waals surface area contributed by atoms with E-state index in [0.29, 0.717) is 18.8 Å². The van der Waals surface area contributed by atoms with Gasteiger partial charge in [-0.25, -0.2) is 9.59 Å². The third-order valence-electron chi connectivity index (χ3n) is 6.61. The highest BCUT2D eigenvalue weighted by Crippen LogP contribution is 2.50. The van der Waals surface area contributed by atoms with Gasteiger partial charge in [0.1, 0.15) is 11.3 Å². The average molecular weight is 515 g/mol. The maximum atomic E-state index is 13.6. The second-order valence-electron chi connectivity index (χ2n) is 11.6. The van der Waals surface area contributed by atoms with Crippen LogP contribution < -0.4 is 5.19 Å². The van der Waals surface area contributed by atoms with Gasteiger partial charge in [0.2, 0.25) is 0 Å². The van der Waals surface area contributed by atoms with Gasteiger partial charge in [0, 0.05) is 29.3 Å². The van der Waals surface area contributed by atoms with E-state index >= 15 is 0 Å². The number of rotatable bonds is 5. The second kappa shape index (κ2) is 8.77. The van der Waals surface area contributed by atoms with Gasteiger partial charge in [-0.1, -0.05) is 62.1 Å². The van der Waals surface area contributed by atoms with Crippen LogP contribution in [0.1, 0.15) is 43.7 Å². The first-order chi connectivity index (χ1) is 17.4. The lowest BCUT2D eigenvalue weighted by Gasteiger charge is -2.21. The molecule has 1 aliphatic rings. The predicted octanol–water partition coefficient (Wildman–Crippen LogP) is 6.64. The summed E-state index contributed by atoms with van der Waals surface area (Å²) >= 11 is 0. The molecule has 2 heterocycles. The molecule has 192 valence electrons. The Labute approximate surface area is 218 Å². The molecule has 0 fully saturated rings. The summed E-state index contributed by atoms with van der Waals surface area (Å²) in [5.41, 5.74) is 5.98. The van der Waals surface area contributed by atoms with Crippen molar-refractivity contribution >= 4 is 36.2 Å². The van der Waals surface area contributed by atoms with Crippen LogP contribution in [0.3, 0.4) is 0 Å². The minimum atomic E-state index is -2.04. The van der Waals surface area contributed by atoms with Crippen molar-refractivity contribution in [1.82, 2.24) is 9.13 Å². The Kier molecular flexibility index (Phi) is 5.94. The fraction of sp³-hybridized carbons (Fsp3) is 0.333. The van der Waals surface area contributed by atoms with Gasteiger partial charge in [-0.15, -0.1) is 0 Å². The molecule has 0 bridgehead atoms. The fourth-order valence-corrected chi connectivity index (χ4v) is 7.31. The zero-order valence-corrected chi connectivity index (χ0v) is 23.6. The van der Waals surface area contributed by atoms with Gasteiger partial charge in [-0.2, -0.15) is 0 Å². The summed E-state index contributed by atoms with van der Waals surface area (Å²) in [6, 6.07) is 16.2. The number of hydrogen-bond donors (Lipinski definition) is 0. The zero-order valence-electron chi connectivity index (χ0n) is 22.6. The van der Waals surface area contributed by atoms with Crippen molar-refractivity contribution in [2.45, 2.75) is 59.5 Å². The quantitative estimate of drug-likeness (QED) is 0.195. The first-order valence-corrected chi connectivity index (χ1v) is 16.3. The number of carbonyl (C=O) groups excluding carboxylic acids is 2. The van der Waals surface area contributed by atoms with E-state index in [4.69, 9.17) is 9.47 Å². The number of nitrogens with zero attached hydrogens (tertiary/aromatic N) is 2. The summed E-state index contributed by atoms with van der Waals surface area (Å²) in [7, 11) is -2.04. The molecule has 1 aliphatic carbocycles. The number of fused-ring (bicyclic) bond motifs is 3. The Hall–Kier alpha value is -3.58. The maximum absolute atomic E-state index is 13.6. The van der Waals surface area contributed by atoms with E-state index in [-0.39, 0.29) is 5.97 Å². The van der Waals surface area contributed by atoms with E-state index in [0.717, 1.165) is 44.0 Å². The van der Waals surface area contributed by atoms with E-state index in [1.807, 2.05) is 64.2 Å². The molecule has 0 amide bonds. The van der Waals surface area contributed by atoms with Crippen LogP contribution >= 0.6 is 0 Å². The van der Waals surface area contributed by atoms with Crippen molar-refractivity contribution in [3.63, 3.8) is 0 Å². The summed E-state index contributed by atoms with van der Waals surface area (Å²) < 4.78 is 15.1. The molecule has 4 aromatic rings. The lowest BCUT2D eigenvalue weighted by atomic mass is 10.1. The molecule has 2 aromatic carbocycles. The number of hydrogen-bond acceptors (Lipinski definition) is 4. The first kappa shape index (κ1) is 25.1. The minimum absolute atomic E-state index is 0.300. The third-order valence-corrected chi connectivity index (χ3v) is 8.60. The Balaban J connectivity index is 1.83. The molecule has 0 unspecified atom stereocenters. The topological polar surface area (TPSA) is 62.5 Å². The smallest absolute Gasteiger partial charge is 0.419 e. The van der Waals surface area contributed by atoms with Gasteiger partial charge in [0.05, 0.1) is 25.9 Å². The molecule has 0 spiro atoms. The molecule has 6 nitrogen and oxygen atoms in total. The highest BCUT2D eigenvalue weighted by molar-refractivity contribution is 6.90. The Morgan fingerprint density at radius 2 is 1.65 bits per heavy atom. The van der Waals surface area contributed by atoms with E-state index in [1.54, 1.807) is 4.57 Å². The van der Waals surface area contributed by atoms with Crippen molar-refractivity contribution in [1.29, 1.82) is 0 Å². The highest BCUT2D eigenvalue weighted by Gasteiger charge is 2.40. The molecule has 0 atom stereocenters. The highest BCUT2D eigenvalue weighted by atomic mass is 28.3. The van der Waals surface area contributed by atoms with Gasteiger partial charge < -0.3 is 14.0 Å². The molecule has 7 heteroatoms. The lowest BCUT2D eigenvalue weighted by molar-refractivity contribution is 0.0512. The summed E-state index contributed by atoms with van der Waals surface area (Å²) in [6.45, 7) is 15.1. The van der Waals surface area contributed by atoms with Crippen molar-refractivity contribution < 1.29 is 19.1 Å². The summed E-state index contributed by atoms with van der Waals surface area (Å²) in [6.07, 6.45) is 1.46. The van der Waals surface area contributed by atoms with Crippen LogP contribution in [0.15, 0.2) is 54.7 Å². The SMILES string of the molecule is CCOC(=O)c1c([Si](C)(C)C)c2c(n1Cc1ccccc1)-c1cn(C(=O)OC(C)(C)C)c3cccc-2c13. The maximum Gasteiger partial charge on any atom is 0.419 e. The minimum Gasteiger partial charge on any atom is -0.461 e. The number of carbonyl (C=O) groups is 2. The molecule has 0 saturated carbocycles. The normalized spacial score (nSPS) is 12.6. The molecule has 0 radical (unpaired) electrons. The molecule has 0 saturated heterocycles. The summed E-state index contributed by atoms with van der Waals surface area (Å²) in [5, 5.41) is 2.12. The van der Waals surface area contributed by atoms with Crippen molar-refractivity contribution in [3.05, 3.63) is 66.0 Å². The molecule has 0 aliphatic heterocycles. The zero-order chi connectivity index (χ0) is 26.7. The van der Waals surface area contributed by atoms with E-state index < -0.39 is 19.8 Å². The fourth-order valence-electron chi connectivity index (χ4n) is 5.36. The van der Waals surface area contributed by atoms with Crippen molar-refractivity contribution in [2.75, 3.05) is 6.61 Å². The Bertz CT molecular complexity index is 1530. The standard InChI is InChI=1S/C30H34N2O4Si/c1-8-35-28(33)26-27(37(5,6)7)24-20-15-12-16-22-23(20)21(18-31(22)29(34)36-30(2,3)4)25(24)32(26)17-19-13-10-9-11-14-19/h9-16,18H,8,17H2,1-7H3. The summed E-state index contributed by atoms with van der Waals surface area (Å²) in [4.78, 5) is 26.8. The number of ether oxygens (including phenoxy) is 2. The van der Waals surface area contributed by atoms with Gasteiger partial charge in [0.25, 0.3) is 0 Å². The summed E-state index contributed by atoms with van der Waals surface area (Å²) in [5.74, 6) is -0.300. The van der Waals surface area contributed by atoms with Crippen molar-refractivity contribution in [3.8, 4) is 22.4 Å². The lowest BCUT2D eigenvalue weighted by Crippen LogP contribution is -2.42. The predicted molar refractivity (Wildman–Crippen MR) is 150 cm³/mol. The monoisotopic (exact) mass is 514 g/mol.